The summed E-state index contributed by atoms with van der Waals surface area (Å²) in [5.41, 5.74) is -0.638. The van der Waals surface area contributed by atoms with Crippen LogP contribution in [0.5, 0.6) is 0 Å². The fourth-order valence-corrected chi connectivity index (χ4v) is 2.13. The molecule has 3 N–H and O–H groups in total. The number of sulfonamides is 1. The summed E-state index contributed by atoms with van der Waals surface area (Å²) in [5, 5.41) is 22.6. The van der Waals surface area contributed by atoms with Crippen molar-refractivity contribution in [3.63, 3.8) is 0 Å². The third-order valence-corrected chi connectivity index (χ3v) is 3.22. The Bertz CT molecular complexity index is 611. The SMILES string of the molecule is CS(=O)(=O)NCCCNc1c(C(=O)O)cccc1[N+](=O)[O-]. The predicted molar refractivity (Wildman–Crippen MR) is 76.0 cm³/mol. The van der Waals surface area contributed by atoms with Gasteiger partial charge in [0.15, 0.2) is 0 Å². The van der Waals surface area contributed by atoms with Crippen LogP contribution in [0.3, 0.4) is 0 Å². The van der Waals surface area contributed by atoms with Crippen LogP contribution in [0.2, 0.25) is 0 Å². The summed E-state index contributed by atoms with van der Waals surface area (Å²) in [6, 6.07) is 3.74. The van der Waals surface area contributed by atoms with Gasteiger partial charge in [-0.25, -0.2) is 17.9 Å². The van der Waals surface area contributed by atoms with Crippen LogP contribution in [0.25, 0.3) is 0 Å². The lowest BCUT2D eigenvalue weighted by atomic mass is 10.1. The molecule has 0 spiro atoms. The largest absolute Gasteiger partial charge is 0.478 e. The van der Waals surface area contributed by atoms with E-state index in [2.05, 4.69) is 10.0 Å². The van der Waals surface area contributed by atoms with Crippen molar-refractivity contribution in [2.24, 2.45) is 0 Å². The molecule has 0 aliphatic rings. The van der Waals surface area contributed by atoms with E-state index in [1.807, 2.05) is 0 Å². The van der Waals surface area contributed by atoms with Gasteiger partial charge in [0, 0.05) is 19.2 Å². The lowest BCUT2D eigenvalue weighted by Crippen LogP contribution is -2.24. The molecule has 0 bridgehead atoms. The fraction of sp³-hybridized carbons (Fsp3) is 0.364. The van der Waals surface area contributed by atoms with Crippen molar-refractivity contribution in [1.29, 1.82) is 0 Å². The van der Waals surface area contributed by atoms with Gasteiger partial charge < -0.3 is 10.4 Å². The minimum atomic E-state index is -3.29. The summed E-state index contributed by atoms with van der Waals surface area (Å²) >= 11 is 0. The monoisotopic (exact) mass is 317 g/mol. The Morgan fingerprint density at radius 3 is 2.57 bits per heavy atom. The lowest BCUT2D eigenvalue weighted by molar-refractivity contribution is -0.384. The molecule has 9 nitrogen and oxygen atoms in total. The Morgan fingerprint density at radius 2 is 2.05 bits per heavy atom. The topological polar surface area (TPSA) is 139 Å². The molecule has 0 unspecified atom stereocenters. The Hall–Kier alpha value is -2.20. The van der Waals surface area contributed by atoms with E-state index in [4.69, 9.17) is 5.11 Å². The highest BCUT2D eigenvalue weighted by Crippen LogP contribution is 2.28. The van der Waals surface area contributed by atoms with Gasteiger partial charge in [0.2, 0.25) is 10.0 Å². The Kier molecular flexibility index (Phi) is 5.61. The summed E-state index contributed by atoms with van der Waals surface area (Å²) in [6.07, 6.45) is 1.36. The number of nitro groups is 1. The standard InChI is InChI=1S/C11H15N3O6S/c1-21(19,20)13-7-3-6-12-10-8(11(15)16)4-2-5-9(10)14(17)18/h2,4-5,12-13H,3,6-7H2,1H3,(H,15,16). The zero-order valence-electron chi connectivity index (χ0n) is 11.2. The zero-order chi connectivity index (χ0) is 16.0. The minimum Gasteiger partial charge on any atom is -0.478 e. The molecule has 0 aliphatic carbocycles. The van der Waals surface area contributed by atoms with Gasteiger partial charge in [0.25, 0.3) is 5.69 Å². The van der Waals surface area contributed by atoms with Crippen LogP contribution in [-0.4, -0.2) is 43.8 Å². The Balaban J connectivity index is 2.77. The molecule has 1 rings (SSSR count). The van der Waals surface area contributed by atoms with Crippen LogP contribution in [0.4, 0.5) is 11.4 Å². The van der Waals surface area contributed by atoms with Crippen molar-refractivity contribution < 1.29 is 23.2 Å². The van der Waals surface area contributed by atoms with E-state index in [1.165, 1.54) is 18.2 Å². The van der Waals surface area contributed by atoms with E-state index >= 15 is 0 Å². The normalized spacial score (nSPS) is 11.1. The quantitative estimate of drug-likeness (QED) is 0.363. The maximum absolute atomic E-state index is 11.1. The number of rotatable bonds is 8. The highest BCUT2D eigenvalue weighted by Gasteiger charge is 2.20. The van der Waals surface area contributed by atoms with E-state index < -0.39 is 20.9 Å². The number of anilines is 1. The number of nitro benzene ring substituents is 1. The van der Waals surface area contributed by atoms with Crippen molar-refractivity contribution in [1.82, 2.24) is 4.72 Å². The average Bonchev–Trinajstić information content (AvgIpc) is 2.36. The fourth-order valence-electron chi connectivity index (χ4n) is 1.62. The molecule has 0 fully saturated rings. The summed E-state index contributed by atoms with van der Waals surface area (Å²) in [4.78, 5) is 21.3. The van der Waals surface area contributed by atoms with Crippen molar-refractivity contribution in [3.05, 3.63) is 33.9 Å². The number of nitrogens with zero attached hydrogens (tertiary/aromatic N) is 1. The second-order valence-corrected chi connectivity index (χ2v) is 6.04. The lowest BCUT2D eigenvalue weighted by Gasteiger charge is -2.10. The van der Waals surface area contributed by atoms with Crippen LogP contribution in [0.1, 0.15) is 16.8 Å². The number of hydrogen-bond acceptors (Lipinski definition) is 6. The third-order valence-electron chi connectivity index (χ3n) is 2.49. The molecule has 0 saturated heterocycles. The number of carbonyl (C=O) groups is 1. The number of carboxylic acid groups (broad SMARTS) is 1. The van der Waals surface area contributed by atoms with E-state index in [0.29, 0.717) is 6.42 Å². The molecule has 0 aromatic heterocycles. The van der Waals surface area contributed by atoms with Gasteiger partial charge >= 0.3 is 5.97 Å². The summed E-state index contributed by atoms with van der Waals surface area (Å²) in [5.74, 6) is -1.28. The van der Waals surface area contributed by atoms with Gasteiger partial charge in [-0.15, -0.1) is 0 Å². The van der Waals surface area contributed by atoms with Gasteiger partial charge in [-0.05, 0) is 12.5 Å². The van der Waals surface area contributed by atoms with E-state index in [0.717, 1.165) is 6.26 Å². The second kappa shape index (κ2) is 6.99. The zero-order valence-corrected chi connectivity index (χ0v) is 12.0. The predicted octanol–water partition coefficient (Wildman–Crippen LogP) is 0.644. The van der Waals surface area contributed by atoms with Gasteiger partial charge in [-0.1, -0.05) is 6.07 Å². The number of para-hydroxylation sites is 1. The summed E-state index contributed by atoms with van der Waals surface area (Å²) < 4.78 is 24.0. The minimum absolute atomic E-state index is 0.0886. The maximum atomic E-state index is 11.1. The molecule has 0 amide bonds. The number of hydrogen-bond donors (Lipinski definition) is 3. The number of benzene rings is 1. The highest BCUT2D eigenvalue weighted by molar-refractivity contribution is 7.88. The first-order valence-electron chi connectivity index (χ1n) is 5.91. The summed E-state index contributed by atoms with van der Waals surface area (Å²) in [7, 11) is -3.29. The first-order chi connectivity index (χ1) is 9.72. The Labute approximate surface area is 121 Å². The molecule has 0 radical (unpaired) electrons. The van der Waals surface area contributed by atoms with Crippen LogP contribution >= 0.6 is 0 Å². The van der Waals surface area contributed by atoms with Crippen molar-refractivity contribution in [2.45, 2.75) is 6.42 Å². The number of nitrogens with one attached hydrogen (secondary N) is 2. The van der Waals surface area contributed by atoms with Crippen LogP contribution in [0.15, 0.2) is 18.2 Å². The van der Waals surface area contributed by atoms with E-state index in [9.17, 15) is 23.3 Å². The van der Waals surface area contributed by atoms with Crippen LogP contribution in [0, 0.1) is 10.1 Å². The van der Waals surface area contributed by atoms with Gasteiger partial charge in [0.05, 0.1) is 16.7 Å². The van der Waals surface area contributed by atoms with Crippen molar-refractivity contribution in [3.8, 4) is 0 Å². The maximum Gasteiger partial charge on any atom is 0.338 e. The van der Waals surface area contributed by atoms with Gasteiger partial charge in [0.1, 0.15) is 5.69 Å². The molecule has 1 aromatic carbocycles. The van der Waals surface area contributed by atoms with Gasteiger partial charge in [-0.3, -0.25) is 10.1 Å². The molecular weight excluding hydrogens is 302 g/mol. The molecule has 21 heavy (non-hydrogen) atoms. The molecule has 0 saturated carbocycles. The molecule has 10 heteroatoms. The van der Waals surface area contributed by atoms with Crippen LogP contribution < -0.4 is 10.0 Å². The second-order valence-electron chi connectivity index (χ2n) is 4.21. The molecule has 0 aliphatic heterocycles. The number of carboxylic acids is 1. The van der Waals surface area contributed by atoms with Crippen LogP contribution in [-0.2, 0) is 10.0 Å². The van der Waals surface area contributed by atoms with Gasteiger partial charge in [-0.2, -0.15) is 0 Å². The third kappa shape index (κ3) is 5.36. The highest BCUT2D eigenvalue weighted by atomic mass is 32.2. The van der Waals surface area contributed by atoms with E-state index in [-0.39, 0.29) is 30.0 Å². The molecule has 0 atom stereocenters. The average molecular weight is 317 g/mol. The summed E-state index contributed by atoms with van der Waals surface area (Å²) in [6.45, 7) is 0.336. The molecule has 116 valence electrons. The first kappa shape index (κ1) is 16.9. The first-order valence-corrected chi connectivity index (χ1v) is 7.80. The smallest absolute Gasteiger partial charge is 0.338 e. The van der Waals surface area contributed by atoms with Crippen molar-refractivity contribution >= 4 is 27.4 Å². The Morgan fingerprint density at radius 1 is 1.38 bits per heavy atom. The van der Waals surface area contributed by atoms with E-state index in [1.54, 1.807) is 0 Å². The molecule has 0 heterocycles. The van der Waals surface area contributed by atoms with Crippen molar-refractivity contribution in [2.75, 3.05) is 24.7 Å². The molecular formula is C11H15N3O6S. The number of aromatic carboxylic acids is 1. The molecule has 1 aromatic rings.